The van der Waals surface area contributed by atoms with E-state index in [1.807, 2.05) is 13.8 Å². The summed E-state index contributed by atoms with van der Waals surface area (Å²) in [5, 5.41) is 8.36. The van der Waals surface area contributed by atoms with E-state index >= 15 is 0 Å². The Morgan fingerprint density at radius 2 is 2.28 bits per heavy atom. The zero-order valence-corrected chi connectivity index (χ0v) is 11.8. The van der Waals surface area contributed by atoms with Crippen molar-refractivity contribution in [2.45, 2.75) is 32.4 Å². The lowest BCUT2D eigenvalue weighted by Crippen LogP contribution is -2.47. The summed E-state index contributed by atoms with van der Waals surface area (Å²) in [5.41, 5.74) is 11.5. The van der Waals surface area contributed by atoms with Gasteiger partial charge in [-0.05, 0) is 31.7 Å². The molecule has 0 spiro atoms. The summed E-state index contributed by atoms with van der Waals surface area (Å²) in [6.07, 6.45) is 1.02. The van der Waals surface area contributed by atoms with Crippen molar-refractivity contribution in [3.8, 4) is 0 Å². The lowest BCUT2D eigenvalue weighted by atomic mass is 10.2. The predicted octanol–water partition coefficient (Wildman–Crippen LogP) is 0.478. The molecule has 5 nitrogen and oxygen atoms in total. The molecule has 0 aliphatic rings. The SMILES string of the molecule is CC(N)C(C)NC(N)=NCNCCc1cccs1. The van der Waals surface area contributed by atoms with Crippen LogP contribution < -0.4 is 22.1 Å². The molecule has 18 heavy (non-hydrogen) atoms. The van der Waals surface area contributed by atoms with E-state index < -0.39 is 0 Å². The van der Waals surface area contributed by atoms with Crippen molar-refractivity contribution in [2.24, 2.45) is 16.5 Å². The molecule has 6 N–H and O–H groups in total. The second kappa shape index (κ2) is 8.07. The monoisotopic (exact) mass is 269 g/mol. The highest BCUT2D eigenvalue weighted by molar-refractivity contribution is 7.09. The normalized spacial score (nSPS) is 15.4. The van der Waals surface area contributed by atoms with Crippen molar-refractivity contribution in [3.05, 3.63) is 22.4 Å². The molecule has 6 heteroatoms. The van der Waals surface area contributed by atoms with Crippen LogP contribution in [0.5, 0.6) is 0 Å². The number of aliphatic imine (C=N–C) groups is 1. The minimum atomic E-state index is 0.0468. The highest BCUT2D eigenvalue weighted by Crippen LogP contribution is 2.07. The highest BCUT2D eigenvalue weighted by Gasteiger charge is 2.06. The third kappa shape index (κ3) is 6.00. The Morgan fingerprint density at radius 1 is 1.50 bits per heavy atom. The fraction of sp³-hybridized carbons (Fsp3) is 0.583. The highest BCUT2D eigenvalue weighted by atomic mass is 32.1. The molecular formula is C12H23N5S. The van der Waals surface area contributed by atoms with Crippen molar-refractivity contribution < 1.29 is 0 Å². The van der Waals surface area contributed by atoms with Gasteiger partial charge in [-0.2, -0.15) is 0 Å². The molecule has 0 aromatic carbocycles. The lowest BCUT2D eigenvalue weighted by molar-refractivity contribution is 0.549. The molecule has 0 radical (unpaired) electrons. The van der Waals surface area contributed by atoms with E-state index in [2.05, 4.69) is 33.1 Å². The molecule has 2 atom stereocenters. The molecule has 0 amide bonds. The summed E-state index contributed by atoms with van der Waals surface area (Å²) in [4.78, 5) is 5.56. The molecule has 0 saturated heterocycles. The van der Waals surface area contributed by atoms with Crippen LogP contribution in [0.4, 0.5) is 0 Å². The van der Waals surface area contributed by atoms with Gasteiger partial charge in [0.15, 0.2) is 5.96 Å². The predicted molar refractivity (Wildman–Crippen MR) is 78.8 cm³/mol. The van der Waals surface area contributed by atoms with Gasteiger partial charge in [-0.25, -0.2) is 4.99 Å². The standard InChI is InChI=1S/C12H23N5S/c1-9(13)10(2)17-12(14)16-8-15-6-5-11-4-3-7-18-11/h3-4,7,9-10,15H,5-6,8,13H2,1-2H3,(H3,14,16,17). The van der Waals surface area contributed by atoms with E-state index in [9.17, 15) is 0 Å². The zero-order chi connectivity index (χ0) is 13.4. The number of nitrogens with one attached hydrogen (secondary N) is 2. The first-order valence-corrected chi connectivity index (χ1v) is 7.02. The van der Waals surface area contributed by atoms with Crippen LogP contribution in [0, 0.1) is 0 Å². The quantitative estimate of drug-likeness (QED) is 0.329. The van der Waals surface area contributed by atoms with E-state index in [0.29, 0.717) is 12.6 Å². The van der Waals surface area contributed by atoms with Gasteiger partial charge in [-0.15, -0.1) is 11.3 Å². The van der Waals surface area contributed by atoms with Gasteiger partial charge in [0, 0.05) is 23.5 Å². The van der Waals surface area contributed by atoms with E-state index in [1.165, 1.54) is 4.88 Å². The molecule has 0 fully saturated rings. The van der Waals surface area contributed by atoms with Crippen LogP contribution in [-0.4, -0.2) is 31.3 Å². The van der Waals surface area contributed by atoms with Crippen molar-refractivity contribution >= 4 is 17.3 Å². The summed E-state index contributed by atoms with van der Waals surface area (Å²) in [5.74, 6) is 0.434. The fourth-order valence-electron chi connectivity index (χ4n) is 1.30. The topological polar surface area (TPSA) is 88.5 Å². The molecule has 0 aliphatic carbocycles. The molecule has 1 rings (SSSR count). The maximum Gasteiger partial charge on any atom is 0.190 e. The maximum absolute atomic E-state index is 5.73. The van der Waals surface area contributed by atoms with Gasteiger partial charge in [0.25, 0.3) is 0 Å². The van der Waals surface area contributed by atoms with Gasteiger partial charge < -0.3 is 16.8 Å². The fourth-order valence-corrected chi connectivity index (χ4v) is 2.01. The van der Waals surface area contributed by atoms with Crippen LogP contribution in [0.3, 0.4) is 0 Å². The molecule has 1 aromatic heterocycles. The molecule has 2 unspecified atom stereocenters. The number of hydrogen-bond acceptors (Lipinski definition) is 4. The van der Waals surface area contributed by atoms with Crippen molar-refractivity contribution in [2.75, 3.05) is 13.2 Å². The molecule has 102 valence electrons. The number of thiophene rings is 1. The first-order chi connectivity index (χ1) is 8.59. The molecule has 1 heterocycles. The summed E-state index contributed by atoms with van der Waals surface area (Å²) in [6.45, 7) is 5.34. The van der Waals surface area contributed by atoms with Gasteiger partial charge in [0.05, 0.1) is 6.67 Å². The largest absolute Gasteiger partial charge is 0.370 e. The molecule has 0 aliphatic heterocycles. The number of guanidine groups is 1. The van der Waals surface area contributed by atoms with E-state index in [-0.39, 0.29) is 12.1 Å². The Kier molecular flexibility index (Phi) is 6.70. The first-order valence-electron chi connectivity index (χ1n) is 6.14. The summed E-state index contributed by atoms with van der Waals surface area (Å²) in [7, 11) is 0. The number of rotatable bonds is 7. The average molecular weight is 269 g/mol. The number of nitrogens with zero attached hydrogens (tertiary/aromatic N) is 1. The Hall–Kier alpha value is -1.11. The van der Waals surface area contributed by atoms with Gasteiger partial charge in [0.1, 0.15) is 0 Å². The molecule has 0 saturated carbocycles. The summed E-state index contributed by atoms with van der Waals surface area (Å²) < 4.78 is 0. The molecular weight excluding hydrogens is 246 g/mol. The second-order valence-corrected chi connectivity index (χ2v) is 5.36. The Balaban J connectivity index is 2.12. The van der Waals surface area contributed by atoms with Crippen molar-refractivity contribution in [1.82, 2.24) is 10.6 Å². The smallest absolute Gasteiger partial charge is 0.190 e. The van der Waals surface area contributed by atoms with Crippen molar-refractivity contribution in [1.29, 1.82) is 0 Å². The van der Waals surface area contributed by atoms with Gasteiger partial charge >= 0.3 is 0 Å². The Labute approximate surface area is 113 Å². The summed E-state index contributed by atoms with van der Waals surface area (Å²) in [6, 6.07) is 4.37. The summed E-state index contributed by atoms with van der Waals surface area (Å²) >= 11 is 1.77. The van der Waals surface area contributed by atoms with Crippen LogP contribution in [0.2, 0.25) is 0 Å². The van der Waals surface area contributed by atoms with E-state index in [0.717, 1.165) is 13.0 Å². The molecule has 0 bridgehead atoms. The Morgan fingerprint density at radius 3 is 2.89 bits per heavy atom. The van der Waals surface area contributed by atoms with Gasteiger partial charge in [-0.1, -0.05) is 6.07 Å². The van der Waals surface area contributed by atoms with Crippen LogP contribution in [0.15, 0.2) is 22.5 Å². The van der Waals surface area contributed by atoms with Crippen LogP contribution in [-0.2, 0) is 6.42 Å². The third-order valence-corrected chi connectivity index (χ3v) is 3.59. The van der Waals surface area contributed by atoms with Crippen LogP contribution in [0.1, 0.15) is 18.7 Å². The third-order valence-electron chi connectivity index (χ3n) is 2.65. The average Bonchev–Trinajstić information content (AvgIpc) is 2.81. The second-order valence-electron chi connectivity index (χ2n) is 4.32. The number of hydrogen-bond donors (Lipinski definition) is 4. The van der Waals surface area contributed by atoms with Crippen molar-refractivity contribution in [3.63, 3.8) is 0 Å². The zero-order valence-electron chi connectivity index (χ0n) is 11.0. The van der Waals surface area contributed by atoms with E-state index in [4.69, 9.17) is 11.5 Å². The van der Waals surface area contributed by atoms with Gasteiger partial charge in [-0.3, -0.25) is 5.32 Å². The Bertz CT molecular complexity index is 347. The van der Waals surface area contributed by atoms with Gasteiger partial charge in [0.2, 0.25) is 0 Å². The minimum absolute atomic E-state index is 0.0468. The first kappa shape index (κ1) is 14.9. The van der Waals surface area contributed by atoms with Crippen LogP contribution >= 0.6 is 11.3 Å². The lowest BCUT2D eigenvalue weighted by Gasteiger charge is -2.17. The maximum atomic E-state index is 5.73. The van der Waals surface area contributed by atoms with Crippen LogP contribution in [0.25, 0.3) is 0 Å². The number of nitrogens with two attached hydrogens (primary N) is 2. The minimum Gasteiger partial charge on any atom is -0.370 e. The molecule has 1 aromatic rings. The van der Waals surface area contributed by atoms with E-state index in [1.54, 1.807) is 11.3 Å².